The van der Waals surface area contributed by atoms with Gasteiger partial charge in [0.15, 0.2) is 11.6 Å². The molecule has 13 heavy (non-hydrogen) atoms. The first kappa shape index (κ1) is 9.18. The number of hydrogen-bond acceptors (Lipinski definition) is 2. The van der Waals surface area contributed by atoms with E-state index in [-0.39, 0.29) is 0 Å². The van der Waals surface area contributed by atoms with Crippen LogP contribution in [0.1, 0.15) is 0 Å². The van der Waals surface area contributed by atoms with E-state index < -0.39 is 11.6 Å². The first-order valence-electron chi connectivity index (χ1n) is 3.48. The molecule has 1 aromatic carbocycles. The Kier molecular flexibility index (Phi) is 2.97. The molecule has 0 heterocycles. The molecule has 4 nitrogen and oxygen atoms in total. The maximum Gasteiger partial charge on any atom is 0.166 e. The van der Waals surface area contributed by atoms with Crippen LogP contribution in [0.25, 0.3) is 0 Å². The highest BCUT2D eigenvalue weighted by molar-refractivity contribution is 5.72. The number of phenols is 1. The van der Waals surface area contributed by atoms with Gasteiger partial charge < -0.3 is 10.8 Å². The predicted molar refractivity (Wildman–Crippen MR) is 48.9 cm³/mol. The summed E-state index contributed by atoms with van der Waals surface area (Å²) in [5.74, 6) is -1.12. The van der Waals surface area contributed by atoms with E-state index in [4.69, 9.17) is 10.8 Å². The van der Waals surface area contributed by atoms with Gasteiger partial charge in [-0.1, -0.05) is 0 Å². The molecule has 0 saturated heterocycles. The number of nitrogens with zero attached hydrogens (tertiary/aromatic N) is 2. The summed E-state index contributed by atoms with van der Waals surface area (Å²) >= 11 is 0. The molecule has 0 saturated carbocycles. The third-order valence-electron chi connectivity index (χ3n) is 1.29. The summed E-state index contributed by atoms with van der Waals surface area (Å²) in [5.41, 5.74) is 5.31. The van der Waals surface area contributed by atoms with Crippen molar-refractivity contribution >= 4 is 18.4 Å². The van der Waals surface area contributed by atoms with Crippen molar-refractivity contribution in [3.05, 3.63) is 24.0 Å². The fourth-order valence-electron chi connectivity index (χ4n) is 0.715. The first-order chi connectivity index (χ1) is 6.24. The van der Waals surface area contributed by atoms with E-state index in [9.17, 15) is 4.39 Å². The van der Waals surface area contributed by atoms with E-state index in [1.807, 2.05) is 0 Å². The van der Waals surface area contributed by atoms with E-state index in [2.05, 4.69) is 9.98 Å². The summed E-state index contributed by atoms with van der Waals surface area (Å²) in [7, 11) is 0. The number of hydrogen-bond donors (Lipinski definition) is 2. The van der Waals surface area contributed by atoms with Crippen LogP contribution in [0.5, 0.6) is 5.75 Å². The molecule has 0 aromatic heterocycles. The summed E-state index contributed by atoms with van der Waals surface area (Å²) in [6.45, 7) is 0. The monoisotopic (exact) mass is 181 g/mol. The molecule has 0 radical (unpaired) electrons. The lowest BCUT2D eigenvalue weighted by atomic mass is 10.3. The summed E-state index contributed by atoms with van der Waals surface area (Å²) in [4.78, 5) is 7.24. The lowest BCUT2D eigenvalue weighted by molar-refractivity contribution is 0.432. The number of phenolic OH excluding ortho intramolecular Hbond substituents is 1. The van der Waals surface area contributed by atoms with E-state index in [0.717, 1.165) is 12.4 Å². The molecule has 1 aromatic rings. The van der Waals surface area contributed by atoms with Gasteiger partial charge in [0, 0.05) is 6.07 Å². The van der Waals surface area contributed by atoms with Crippen molar-refractivity contribution in [2.24, 2.45) is 15.7 Å². The van der Waals surface area contributed by atoms with Crippen molar-refractivity contribution in [2.45, 2.75) is 0 Å². The van der Waals surface area contributed by atoms with Crippen molar-refractivity contribution in [1.29, 1.82) is 0 Å². The van der Waals surface area contributed by atoms with E-state index >= 15 is 0 Å². The van der Waals surface area contributed by atoms with Gasteiger partial charge in [0.25, 0.3) is 0 Å². The van der Waals surface area contributed by atoms with Crippen LogP contribution in [0.2, 0.25) is 0 Å². The fourth-order valence-corrected chi connectivity index (χ4v) is 0.715. The van der Waals surface area contributed by atoms with Gasteiger partial charge in [-0.05, 0) is 12.1 Å². The molecule has 0 aliphatic heterocycles. The van der Waals surface area contributed by atoms with E-state index in [1.54, 1.807) is 0 Å². The van der Waals surface area contributed by atoms with Gasteiger partial charge in [0.05, 0.1) is 12.0 Å². The molecule has 68 valence electrons. The van der Waals surface area contributed by atoms with Crippen molar-refractivity contribution in [2.75, 3.05) is 0 Å². The predicted octanol–water partition coefficient (Wildman–Crippen LogP) is 1.18. The Balaban J connectivity index is 2.85. The maximum atomic E-state index is 12.7. The average molecular weight is 181 g/mol. The Morgan fingerprint density at radius 1 is 1.46 bits per heavy atom. The molecule has 1 rings (SSSR count). The topological polar surface area (TPSA) is 71.0 Å². The molecular weight excluding hydrogens is 173 g/mol. The number of benzene rings is 1. The van der Waals surface area contributed by atoms with Crippen LogP contribution in [0, 0.1) is 5.82 Å². The zero-order chi connectivity index (χ0) is 9.68. The number of rotatable bonds is 2. The molecular formula is C8H8FN3O. The molecule has 0 amide bonds. The normalized spacial score (nSPS) is 11.5. The molecule has 0 spiro atoms. The van der Waals surface area contributed by atoms with Crippen LogP contribution < -0.4 is 5.73 Å². The highest BCUT2D eigenvalue weighted by Gasteiger charge is 1.98. The van der Waals surface area contributed by atoms with Crippen molar-refractivity contribution in [1.82, 2.24) is 0 Å². The van der Waals surface area contributed by atoms with E-state index in [0.29, 0.717) is 5.69 Å². The van der Waals surface area contributed by atoms with Gasteiger partial charge in [-0.2, -0.15) is 0 Å². The summed E-state index contributed by atoms with van der Waals surface area (Å²) in [6, 6.07) is 3.77. The molecule has 0 atom stereocenters. The van der Waals surface area contributed by atoms with Crippen LogP contribution in [0.4, 0.5) is 10.1 Å². The van der Waals surface area contributed by atoms with Gasteiger partial charge in [-0.25, -0.2) is 14.4 Å². The molecule has 0 aliphatic rings. The first-order valence-corrected chi connectivity index (χ1v) is 3.48. The SMILES string of the molecule is NC=NC=Nc1ccc(O)c(F)c1. The van der Waals surface area contributed by atoms with Crippen molar-refractivity contribution in [3.8, 4) is 5.75 Å². The fraction of sp³-hybridized carbons (Fsp3) is 0. The van der Waals surface area contributed by atoms with Crippen LogP contribution >= 0.6 is 0 Å². The van der Waals surface area contributed by atoms with Gasteiger partial charge in [-0.15, -0.1) is 0 Å². The molecule has 0 aliphatic carbocycles. The van der Waals surface area contributed by atoms with Crippen LogP contribution in [-0.4, -0.2) is 17.8 Å². The molecule has 3 N–H and O–H groups in total. The third-order valence-corrected chi connectivity index (χ3v) is 1.29. The van der Waals surface area contributed by atoms with Crippen LogP contribution in [0.3, 0.4) is 0 Å². The number of aliphatic imine (C=N–C) groups is 2. The quantitative estimate of drug-likeness (QED) is 0.531. The van der Waals surface area contributed by atoms with Gasteiger partial charge in [0.2, 0.25) is 0 Å². The maximum absolute atomic E-state index is 12.7. The zero-order valence-electron chi connectivity index (χ0n) is 6.68. The van der Waals surface area contributed by atoms with Crippen LogP contribution in [0.15, 0.2) is 28.2 Å². The van der Waals surface area contributed by atoms with Gasteiger partial charge >= 0.3 is 0 Å². The largest absolute Gasteiger partial charge is 0.505 e. The minimum Gasteiger partial charge on any atom is -0.505 e. The molecule has 0 bridgehead atoms. The smallest absolute Gasteiger partial charge is 0.166 e. The minimum atomic E-state index is -0.716. The third kappa shape index (κ3) is 2.55. The van der Waals surface area contributed by atoms with Gasteiger partial charge in [-0.3, -0.25) is 0 Å². The van der Waals surface area contributed by atoms with Crippen molar-refractivity contribution in [3.63, 3.8) is 0 Å². The molecule has 0 fully saturated rings. The highest BCUT2D eigenvalue weighted by atomic mass is 19.1. The Bertz CT molecular complexity index is 349. The minimum absolute atomic E-state index is 0.362. The summed E-state index contributed by atoms with van der Waals surface area (Å²) in [6.07, 6.45) is 2.26. The lowest BCUT2D eigenvalue weighted by Crippen LogP contribution is -1.87. The Morgan fingerprint density at radius 2 is 2.23 bits per heavy atom. The van der Waals surface area contributed by atoms with Gasteiger partial charge in [0.1, 0.15) is 6.34 Å². The Labute approximate surface area is 74.3 Å². The second kappa shape index (κ2) is 4.20. The molecule has 5 heteroatoms. The standard InChI is InChI=1S/C8H8FN3O/c9-7-3-6(1-2-8(7)13)12-5-11-4-10/h1-5,13H,(H2,10,11,12). The second-order valence-electron chi connectivity index (χ2n) is 2.18. The molecule has 0 unspecified atom stereocenters. The average Bonchev–Trinajstić information content (AvgIpc) is 2.12. The number of nitrogens with two attached hydrogens (primary N) is 1. The summed E-state index contributed by atoms with van der Waals surface area (Å²) in [5, 5.41) is 8.84. The second-order valence-corrected chi connectivity index (χ2v) is 2.18. The number of halogens is 1. The Hall–Kier alpha value is -1.91. The lowest BCUT2D eigenvalue weighted by Gasteiger charge is -1.95. The Morgan fingerprint density at radius 3 is 2.85 bits per heavy atom. The van der Waals surface area contributed by atoms with Crippen LogP contribution in [-0.2, 0) is 0 Å². The number of aromatic hydroxyl groups is 1. The highest BCUT2D eigenvalue weighted by Crippen LogP contribution is 2.20. The summed E-state index contributed by atoms with van der Waals surface area (Å²) < 4.78 is 12.7. The zero-order valence-corrected chi connectivity index (χ0v) is 6.68. The van der Waals surface area contributed by atoms with E-state index in [1.165, 1.54) is 18.5 Å². The van der Waals surface area contributed by atoms with Crippen molar-refractivity contribution < 1.29 is 9.50 Å².